The van der Waals surface area contributed by atoms with E-state index in [2.05, 4.69) is 46.3 Å². The van der Waals surface area contributed by atoms with Crippen LogP contribution in [0.5, 0.6) is 0 Å². The van der Waals surface area contributed by atoms with Crippen LogP contribution in [0.2, 0.25) is 0 Å². The number of piperazine rings is 1. The average molecular weight is 314 g/mol. The molecule has 6 nitrogen and oxygen atoms in total. The normalized spacial score (nSPS) is 15.8. The van der Waals surface area contributed by atoms with E-state index >= 15 is 0 Å². The summed E-state index contributed by atoms with van der Waals surface area (Å²) in [6.45, 7) is 8.05. The highest BCUT2D eigenvalue weighted by Crippen LogP contribution is 2.11. The van der Waals surface area contributed by atoms with Crippen molar-refractivity contribution < 1.29 is 9.21 Å². The van der Waals surface area contributed by atoms with Gasteiger partial charge in [0.1, 0.15) is 6.42 Å². The fourth-order valence-corrected chi connectivity index (χ4v) is 2.87. The van der Waals surface area contributed by atoms with Gasteiger partial charge in [0.05, 0.1) is 0 Å². The third kappa shape index (κ3) is 4.16. The van der Waals surface area contributed by atoms with Crippen LogP contribution >= 0.6 is 0 Å². The molecule has 122 valence electrons. The second-order valence-corrected chi connectivity index (χ2v) is 6.04. The molecule has 0 bridgehead atoms. The van der Waals surface area contributed by atoms with Crippen LogP contribution in [0, 0.1) is 13.8 Å². The van der Waals surface area contributed by atoms with Gasteiger partial charge in [0.2, 0.25) is 17.7 Å². The van der Waals surface area contributed by atoms with Crippen LogP contribution in [0.15, 0.2) is 28.7 Å². The predicted molar refractivity (Wildman–Crippen MR) is 85.8 cm³/mol. The number of hydrogen-bond donors (Lipinski definition) is 0. The standard InChI is InChI=1S/C17H22N4O2/c1-13-4-3-5-15(10-13)12-20-6-8-21(9-7-20)17(22)11-16-19-18-14(2)23-16/h3-5,10H,6-9,11-12H2,1-2H3. The quantitative estimate of drug-likeness (QED) is 0.857. The van der Waals surface area contributed by atoms with Crippen LogP contribution in [-0.2, 0) is 17.8 Å². The molecule has 1 aliphatic heterocycles. The summed E-state index contributed by atoms with van der Waals surface area (Å²) in [5.41, 5.74) is 2.61. The van der Waals surface area contributed by atoms with Crippen LogP contribution in [0.4, 0.5) is 0 Å². The van der Waals surface area contributed by atoms with Crippen molar-refractivity contribution in [3.8, 4) is 0 Å². The van der Waals surface area contributed by atoms with E-state index in [0.717, 1.165) is 32.7 Å². The van der Waals surface area contributed by atoms with Crippen LogP contribution < -0.4 is 0 Å². The van der Waals surface area contributed by atoms with Gasteiger partial charge in [-0.1, -0.05) is 29.8 Å². The van der Waals surface area contributed by atoms with E-state index < -0.39 is 0 Å². The minimum absolute atomic E-state index is 0.0591. The molecule has 1 aromatic heterocycles. The number of nitrogens with zero attached hydrogens (tertiary/aromatic N) is 4. The van der Waals surface area contributed by atoms with Crippen molar-refractivity contribution in [3.63, 3.8) is 0 Å². The third-order valence-corrected chi connectivity index (χ3v) is 4.08. The number of rotatable bonds is 4. The molecule has 0 atom stereocenters. The fraction of sp³-hybridized carbons (Fsp3) is 0.471. The van der Waals surface area contributed by atoms with Crippen molar-refractivity contribution >= 4 is 5.91 Å². The van der Waals surface area contributed by atoms with Gasteiger partial charge in [-0.05, 0) is 12.5 Å². The fourth-order valence-electron chi connectivity index (χ4n) is 2.87. The Labute approximate surface area is 136 Å². The van der Waals surface area contributed by atoms with Crippen molar-refractivity contribution in [1.82, 2.24) is 20.0 Å². The lowest BCUT2D eigenvalue weighted by atomic mass is 10.1. The molecule has 1 saturated heterocycles. The topological polar surface area (TPSA) is 62.5 Å². The van der Waals surface area contributed by atoms with E-state index in [9.17, 15) is 4.79 Å². The maximum Gasteiger partial charge on any atom is 0.232 e. The smallest absolute Gasteiger partial charge is 0.232 e. The first kappa shape index (κ1) is 15.7. The Morgan fingerprint density at radius 1 is 1.17 bits per heavy atom. The number of amides is 1. The van der Waals surface area contributed by atoms with Gasteiger partial charge in [-0.2, -0.15) is 0 Å². The van der Waals surface area contributed by atoms with Crippen molar-refractivity contribution in [2.24, 2.45) is 0 Å². The van der Waals surface area contributed by atoms with E-state index in [-0.39, 0.29) is 12.3 Å². The summed E-state index contributed by atoms with van der Waals surface area (Å²) < 4.78 is 5.28. The molecular weight excluding hydrogens is 292 g/mol. The molecule has 0 N–H and O–H groups in total. The molecule has 2 heterocycles. The summed E-state index contributed by atoms with van der Waals surface area (Å²) in [5.74, 6) is 0.953. The van der Waals surface area contributed by atoms with Crippen LogP contribution in [-0.4, -0.2) is 52.1 Å². The van der Waals surface area contributed by atoms with Gasteiger partial charge in [-0.25, -0.2) is 0 Å². The molecule has 1 aliphatic rings. The summed E-state index contributed by atoms with van der Waals surface area (Å²) in [7, 11) is 0. The lowest BCUT2D eigenvalue weighted by Gasteiger charge is -2.34. The number of aryl methyl sites for hydroxylation is 2. The third-order valence-electron chi connectivity index (χ3n) is 4.08. The van der Waals surface area contributed by atoms with Crippen LogP contribution in [0.25, 0.3) is 0 Å². The maximum atomic E-state index is 12.3. The summed E-state index contributed by atoms with van der Waals surface area (Å²) in [5, 5.41) is 7.64. The van der Waals surface area contributed by atoms with Crippen molar-refractivity contribution in [2.45, 2.75) is 26.8 Å². The Kier molecular flexibility index (Phi) is 4.71. The SMILES string of the molecule is Cc1cccc(CN2CCN(C(=O)Cc3nnc(C)o3)CC2)c1. The second kappa shape index (κ2) is 6.91. The van der Waals surface area contributed by atoms with E-state index in [0.29, 0.717) is 11.8 Å². The molecular formula is C17H22N4O2. The second-order valence-electron chi connectivity index (χ2n) is 6.04. The molecule has 0 radical (unpaired) electrons. The highest BCUT2D eigenvalue weighted by atomic mass is 16.4. The number of aromatic nitrogens is 2. The molecule has 2 aromatic rings. The minimum atomic E-state index is 0.0591. The van der Waals surface area contributed by atoms with E-state index in [1.54, 1.807) is 6.92 Å². The Bertz CT molecular complexity index is 675. The van der Waals surface area contributed by atoms with Gasteiger partial charge in [0.15, 0.2) is 0 Å². The Hall–Kier alpha value is -2.21. The zero-order valence-electron chi connectivity index (χ0n) is 13.7. The molecule has 6 heteroatoms. The molecule has 0 spiro atoms. The van der Waals surface area contributed by atoms with Gasteiger partial charge in [-0.15, -0.1) is 10.2 Å². The summed E-state index contributed by atoms with van der Waals surface area (Å²) >= 11 is 0. The Balaban J connectivity index is 1.49. The molecule has 1 aromatic carbocycles. The number of hydrogen-bond acceptors (Lipinski definition) is 5. The molecule has 3 rings (SSSR count). The average Bonchev–Trinajstić information content (AvgIpc) is 2.93. The zero-order chi connectivity index (χ0) is 16.2. The number of carbonyl (C=O) groups is 1. The Morgan fingerprint density at radius 2 is 1.96 bits per heavy atom. The summed E-state index contributed by atoms with van der Waals surface area (Å²) in [4.78, 5) is 16.5. The van der Waals surface area contributed by atoms with Gasteiger partial charge < -0.3 is 9.32 Å². The first-order valence-electron chi connectivity index (χ1n) is 7.95. The van der Waals surface area contributed by atoms with E-state index in [1.165, 1.54) is 11.1 Å². The van der Waals surface area contributed by atoms with Crippen molar-refractivity contribution in [2.75, 3.05) is 26.2 Å². The number of benzene rings is 1. The zero-order valence-corrected chi connectivity index (χ0v) is 13.7. The van der Waals surface area contributed by atoms with Crippen LogP contribution in [0.3, 0.4) is 0 Å². The minimum Gasteiger partial charge on any atom is -0.425 e. The van der Waals surface area contributed by atoms with E-state index in [4.69, 9.17) is 4.42 Å². The summed E-state index contributed by atoms with van der Waals surface area (Å²) in [6.07, 6.45) is 0.193. The first-order valence-corrected chi connectivity index (χ1v) is 7.95. The van der Waals surface area contributed by atoms with Crippen molar-refractivity contribution in [1.29, 1.82) is 0 Å². The molecule has 0 saturated carbocycles. The lowest BCUT2D eigenvalue weighted by molar-refractivity contribution is -0.132. The van der Waals surface area contributed by atoms with Gasteiger partial charge >= 0.3 is 0 Å². The van der Waals surface area contributed by atoms with E-state index in [1.807, 2.05) is 4.90 Å². The van der Waals surface area contributed by atoms with Crippen LogP contribution in [0.1, 0.15) is 22.9 Å². The largest absolute Gasteiger partial charge is 0.425 e. The Morgan fingerprint density at radius 3 is 2.61 bits per heavy atom. The maximum absolute atomic E-state index is 12.3. The molecule has 23 heavy (non-hydrogen) atoms. The molecule has 1 fully saturated rings. The van der Waals surface area contributed by atoms with Gasteiger partial charge in [0, 0.05) is 39.6 Å². The van der Waals surface area contributed by atoms with Crippen molar-refractivity contribution in [3.05, 3.63) is 47.2 Å². The first-order chi connectivity index (χ1) is 11.1. The van der Waals surface area contributed by atoms with Gasteiger partial charge in [-0.3, -0.25) is 9.69 Å². The molecule has 1 amide bonds. The highest BCUT2D eigenvalue weighted by molar-refractivity contribution is 5.77. The highest BCUT2D eigenvalue weighted by Gasteiger charge is 2.22. The molecule has 0 aliphatic carbocycles. The number of carbonyl (C=O) groups excluding carboxylic acids is 1. The van der Waals surface area contributed by atoms with Gasteiger partial charge in [0.25, 0.3) is 0 Å². The lowest BCUT2D eigenvalue weighted by Crippen LogP contribution is -2.48. The summed E-state index contributed by atoms with van der Waals surface area (Å²) in [6, 6.07) is 8.58. The predicted octanol–water partition coefficient (Wildman–Crippen LogP) is 1.57. The monoisotopic (exact) mass is 314 g/mol. The molecule has 0 unspecified atom stereocenters.